The summed E-state index contributed by atoms with van der Waals surface area (Å²) in [5.74, 6) is -0.187. The van der Waals surface area contributed by atoms with Gasteiger partial charge in [-0.1, -0.05) is 23.7 Å². The monoisotopic (exact) mass is 267 g/mol. The van der Waals surface area contributed by atoms with Crippen molar-refractivity contribution in [3.63, 3.8) is 0 Å². The molecule has 1 atom stereocenters. The Hall–Kier alpha value is -1.75. The Bertz CT molecular complexity index is 478. The van der Waals surface area contributed by atoms with Crippen LogP contribution in [0, 0.1) is 0 Å². The summed E-state index contributed by atoms with van der Waals surface area (Å²) in [4.78, 5) is 24.5. The first-order chi connectivity index (χ1) is 8.56. The van der Waals surface area contributed by atoms with E-state index in [0.29, 0.717) is 18.1 Å². The topological polar surface area (TPSA) is 61.4 Å². The van der Waals surface area contributed by atoms with Crippen molar-refractivity contribution >= 4 is 23.5 Å². The fourth-order valence-corrected chi connectivity index (χ4v) is 1.98. The number of hydrogen-bond acceptors (Lipinski definition) is 2. The minimum atomic E-state index is -0.485. The van der Waals surface area contributed by atoms with Crippen molar-refractivity contribution < 1.29 is 9.59 Å². The number of benzene rings is 1. The third kappa shape index (κ3) is 2.92. The minimum Gasteiger partial charge on any atom is -0.350 e. The van der Waals surface area contributed by atoms with Gasteiger partial charge in [0, 0.05) is 18.6 Å². The number of amides is 3. The predicted octanol–water partition coefficient (Wildman–Crippen LogP) is 0.980. The summed E-state index contributed by atoms with van der Waals surface area (Å²) >= 11 is 5.85. The Labute approximate surface area is 110 Å². The van der Waals surface area contributed by atoms with Crippen LogP contribution in [0.1, 0.15) is 5.56 Å². The lowest BCUT2D eigenvalue weighted by Crippen LogP contribution is -2.42. The van der Waals surface area contributed by atoms with Gasteiger partial charge in [0.2, 0.25) is 5.91 Å². The molecule has 2 rings (SSSR count). The summed E-state index contributed by atoms with van der Waals surface area (Å²) in [6, 6.07) is 6.57. The van der Waals surface area contributed by atoms with E-state index < -0.39 is 6.04 Å². The summed E-state index contributed by atoms with van der Waals surface area (Å²) in [6.45, 7) is 0.787. The molecular weight excluding hydrogens is 254 g/mol. The zero-order chi connectivity index (χ0) is 13.1. The number of nitrogens with zero attached hydrogens (tertiary/aromatic N) is 1. The maximum atomic E-state index is 11.8. The average Bonchev–Trinajstić information content (AvgIpc) is 2.67. The molecule has 0 aliphatic carbocycles. The Kier molecular flexibility index (Phi) is 3.72. The van der Waals surface area contributed by atoms with Gasteiger partial charge >= 0.3 is 6.03 Å². The van der Waals surface area contributed by atoms with Gasteiger partial charge in [-0.2, -0.15) is 0 Å². The molecule has 3 amide bonds. The number of rotatable bonds is 3. The predicted molar refractivity (Wildman–Crippen MR) is 68.2 cm³/mol. The van der Waals surface area contributed by atoms with Gasteiger partial charge < -0.3 is 15.5 Å². The smallest absolute Gasteiger partial charge is 0.317 e. The molecule has 0 radical (unpaired) electrons. The first kappa shape index (κ1) is 12.7. The van der Waals surface area contributed by atoms with Crippen LogP contribution in [0.4, 0.5) is 4.79 Å². The average molecular weight is 268 g/mol. The van der Waals surface area contributed by atoms with Crippen LogP contribution in [0.3, 0.4) is 0 Å². The van der Waals surface area contributed by atoms with Crippen molar-refractivity contribution in [3.8, 4) is 0 Å². The number of likely N-dealkylation sites (N-methyl/N-ethyl adjacent to an activating group) is 1. The summed E-state index contributed by atoms with van der Waals surface area (Å²) in [5.41, 5.74) is 0.925. The first-order valence-corrected chi connectivity index (χ1v) is 5.98. The Morgan fingerprint density at radius 3 is 3.00 bits per heavy atom. The molecule has 2 N–H and O–H groups in total. The number of hydrogen-bond donors (Lipinski definition) is 2. The van der Waals surface area contributed by atoms with E-state index in [-0.39, 0.29) is 11.9 Å². The molecule has 1 fully saturated rings. The molecule has 5 nitrogen and oxygen atoms in total. The Morgan fingerprint density at radius 2 is 2.39 bits per heavy atom. The van der Waals surface area contributed by atoms with Crippen LogP contribution >= 0.6 is 11.6 Å². The van der Waals surface area contributed by atoms with Gasteiger partial charge in [0.25, 0.3) is 0 Å². The summed E-state index contributed by atoms with van der Waals surface area (Å²) < 4.78 is 0. The van der Waals surface area contributed by atoms with E-state index in [1.165, 1.54) is 4.90 Å². The van der Waals surface area contributed by atoms with Gasteiger partial charge in [0.1, 0.15) is 6.04 Å². The fourth-order valence-electron chi connectivity index (χ4n) is 1.77. The highest BCUT2D eigenvalue weighted by Gasteiger charge is 2.30. The summed E-state index contributed by atoms with van der Waals surface area (Å²) in [6.07, 6.45) is 0. The number of nitrogens with one attached hydrogen (secondary N) is 2. The molecule has 1 unspecified atom stereocenters. The molecule has 6 heteroatoms. The number of carbonyl (C=O) groups is 2. The van der Waals surface area contributed by atoms with Gasteiger partial charge in [0.05, 0.1) is 6.54 Å². The molecule has 1 aliphatic rings. The molecule has 1 aromatic carbocycles. The van der Waals surface area contributed by atoms with E-state index in [2.05, 4.69) is 10.6 Å². The van der Waals surface area contributed by atoms with Crippen LogP contribution in [0.5, 0.6) is 0 Å². The SMILES string of the molecule is CN1CC(C(=O)NCc2cccc(Cl)c2)NC1=O. The van der Waals surface area contributed by atoms with Crippen molar-refractivity contribution in [1.29, 1.82) is 0 Å². The minimum absolute atomic E-state index is 0.187. The van der Waals surface area contributed by atoms with Crippen LogP contribution in [0.15, 0.2) is 24.3 Å². The van der Waals surface area contributed by atoms with Crippen molar-refractivity contribution in [3.05, 3.63) is 34.9 Å². The first-order valence-electron chi connectivity index (χ1n) is 5.60. The lowest BCUT2D eigenvalue weighted by atomic mass is 10.2. The molecule has 18 heavy (non-hydrogen) atoms. The third-order valence-electron chi connectivity index (χ3n) is 2.77. The third-order valence-corrected chi connectivity index (χ3v) is 3.01. The molecule has 0 saturated carbocycles. The number of carbonyl (C=O) groups excluding carboxylic acids is 2. The second-order valence-corrected chi connectivity index (χ2v) is 4.67. The molecule has 0 spiro atoms. The zero-order valence-electron chi connectivity index (χ0n) is 9.94. The van der Waals surface area contributed by atoms with Gasteiger partial charge in [-0.15, -0.1) is 0 Å². The molecule has 0 bridgehead atoms. The molecular formula is C12H14ClN3O2. The van der Waals surface area contributed by atoms with Crippen LogP contribution in [-0.4, -0.2) is 36.5 Å². The van der Waals surface area contributed by atoms with E-state index in [1.54, 1.807) is 19.2 Å². The van der Waals surface area contributed by atoms with E-state index in [1.807, 2.05) is 12.1 Å². The highest BCUT2D eigenvalue weighted by atomic mass is 35.5. The fraction of sp³-hybridized carbons (Fsp3) is 0.333. The Balaban J connectivity index is 1.87. The normalized spacial score (nSPS) is 18.7. The quantitative estimate of drug-likeness (QED) is 0.858. The van der Waals surface area contributed by atoms with Crippen LogP contribution in [0.2, 0.25) is 5.02 Å². The number of halogens is 1. The number of urea groups is 1. The highest BCUT2D eigenvalue weighted by Crippen LogP contribution is 2.10. The standard InChI is InChI=1S/C12H14ClN3O2/c1-16-7-10(15-12(16)18)11(17)14-6-8-3-2-4-9(13)5-8/h2-5,10H,6-7H2,1H3,(H,14,17)(H,15,18). The summed E-state index contributed by atoms with van der Waals surface area (Å²) in [5, 5.41) is 6.01. The van der Waals surface area contributed by atoms with Crippen molar-refractivity contribution in [2.24, 2.45) is 0 Å². The lowest BCUT2D eigenvalue weighted by molar-refractivity contribution is -0.122. The van der Waals surface area contributed by atoms with Gasteiger partial charge in [-0.25, -0.2) is 4.79 Å². The van der Waals surface area contributed by atoms with Crippen LogP contribution in [-0.2, 0) is 11.3 Å². The molecule has 1 aliphatic heterocycles. The second-order valence-electron chi connectivity index (χ2n) is 4.23. The molecule has 1 aromatic rings. The van der Waals surface area contributed by atoms with E-state index in [0.717, 1.165) is 5.56 Å². The zero-order valence-corrected chi connectivity index (χ0v) is 10.7. The Morgan fingerprint density at radius 1 is 1.61 bits per heavy atom. The lowest BCUT2D eigenvalue weighted by Gasteiger charge is -2.10. The maximum absolute atomic E-state index is 11.8. The molecule has 1 saturated heterocycles. The van der Waals surface area contributed by atoms with Crippen molar-refractivity contribution in [2.45, 2.75) is 12.6 Å². The molecule has 1 heterocycles. The van der Waals surface area contributed by atoms with Gasteiger partial charge in [0.15, 0.2) is 0 Å². The maximum Gasteiger partial charge on any atom is 0.317 e. The molecule has 0 aromatic heterocycles. The van der Waals surface area contributed by atoms with Gasteiger partial charge in [-0.05, 0) is 17.7 Å². The molecule has 96 valence electrons. The highest BCUT2D eigenvalue weighted by molar-refractivity contribution is 6.30. The summed E-state index contributed by atoms with van der Waals surface area (Å²) in [7, 11) is 1.65. The van der Waals surface area contributed by atoms with E-state index >= 15 is 0 Å². The van der Waals surface area contributed by atoms with E-state index in [9.17, 15) is 9.59 Å². The van der Waals surface area contributed by atoms with Gasteiger partial charge in [-0.3, -0.25) is 4.79 Å². The van der Waals surface area contributed by atoms with E-state index in [4.69, 9.17) is 11.6 Å². The van der Waals surface area contributed by atoms with Crippen LogP contribution in [0.25, 0.3) is 0 Å². The largest absolute Gasteiger partial charge is 0.350 e. The van der Waals surface area contributed by atoms with Crippen molar-refractivity contribution in [1.82, 2.24) is 15.5 Å². The second kappa shape index (κ2) is 5.27. The van der Waals surface area contributed by atoms with Crippen LogP contribution < -0.4 is 10.6 Å². The van der Waals surface area contributed by atoms with Crippen molar-refractivity contribution in [2.75, 3.05) is 13.6 Å².